The number of hydrogen-bond donors (Lipinski definition) is 1. The number of amides is 1. The van der Waals surface area contributed by atoms with Crippen molar-refractivity contribution in [1.29, 1.82) is 0 Å². The van der Waals surface area contributed by atoms with Gasteiger partial charge in [0.05, 0.1) is 16.6 Å². The molecule has 0 spiro atoms. The summed E-state index contributed by atoms with van der Waals surface area (Å²) in [7, 11) is 0. The highest BCUT2D eigenvalue weighted by atomic mass is 19.4. The number of carbonyl (C=O) groups excluding carboxylic acids is 1. The molecular weight excluding hydrogens is 414 g/mol. The monoisotopic (exact) mass is 428 g/mol. The van der Waals surface area contributed by atoms with Crippen molar-refractivity contribution in [2.24, 2.45) is 0 Å². The highest BCUT2D eigenvalue weighted by molar-refractivity contribution is 6.00. The molecule has 0 bridgehead atoms. The van der Waals surface area contributed by atoms with E-state index in [0.29, 0.717) is 5.56 Å². The molecule has 0 saturated heterocycles. The largest absolute Gasteiger partial charge is 0.484 e. The Bertz CT molecular complexity index is 1060. The van der Waals surface area contributed by atoms with Crippen molar-refractivity contribution in [3.05, 3.63) is 71.4 Å². The molecule has 3 aromatic rings. The van der Waals surface area contributed by atoms with E-state index in [1.807, 2.05) is 0 Å². The molecule has 0 saturated carbocycles. The van der Waals surface area contributed by atoms with Crippen molar-refractivity contribution in [2.45, 2.75) is 18.9 Å². The highest BCUT2D eigenvalue weighted by Crippen LogP contribution is 2.36. The van der Waals surface area contributed by atoms with E-state index >= 15 is 0 Å². The van der Waals surface area contributed by atoms with E-state index in [4.69, 9.17) is 0 Å². The van der Waals surface area contributed by atoms with Crippen LogP contribution < -0.4 is 10.1 Å². The Hall–Kier alpha value is -3.30. The molecule has 0 aliphatic carbocycles. The third-order valence-corrected chi connectivity index (χ3v) is 4.06. The van der Waals surface area contributed by atoms with Crippen LogP contribution in [0.15, 0.2) is 54.7 Å². The Kier molecular flexibility index (Phi) is 5.86. The molecule has 0 radical (unpaired) electrons. The number of pyridine rings is 1. The van der Waals surface area contributed by atoms with Crippen LogP contribution in [0.25, 0.3) is 10.9 Å². The van der Waals surface area contributed by atoms with Crippen molar-refractivity contribution in [1.82, 2.24) is 10.3 Å². The smallest absolute Gasteiger partial charge is 0.422 e. The lowest BCUT2D eigenvalue weighted by Gasteiger charge is -2.15. The molecule has 1 heterocycles. The summed E-state index contributed by atoms with van der Waals surface area (Å²) in [5.41, 5.74) is -1.31. The van der Waals surface area contributed by atoms with E-state index in [1.165, 1.54) is 48.5 Å². The fourth-order valence-corrected chi connectivity index (χ4v) is 2.81. The molecule has 0 atom stereocenters. The van der Waals surface area contributed by atoms with Crippen LogP contribution in [-0.4, -0.2) is 23.7 Å². The molecule has 1 N–H and O–H groups in total. The number of halogens is 6. The maximum Gasteiger partial charge on any atom is 0.422 e. The highest BCUT2D eigenvalue weighted by Gasteiger charge is 2.37. The lowest BCUT2D eigenvalue weighted by molar-refractivity contribution is -0.153. The molecule has 4 nitrogen and oxygen atoms in total. The molecular formula is C20H14F6N2O2. The van der Waals surface area contributed by atoms with Gasteiger partial charge in [-0.25, -0.2) is 0 Å². The molecule has 0 unspecified atom stereocenters. The minimum Gasteiger partial charge on any atom is -0.484 e. The third kappa shape index (κ3) is 5.19. The van der Waals surface area contributed by atoms with Gasteiger partial charge in [0.25, 0.3) is 5.91 Å². The normalized spacial score (nSPS) is 12.1. The number of hydrogen-bond acceptors (Lipinski definition) is 3. The van der Waals surface area contributed by atoms with Gasteiger partial charge in [0.1, 0.15) is 5.75 Å². The number of nitrogens with zero attached hydrogens (tertiary/aromatic N) is 1. The van der Waals surface area contributed by atoms with Crippen LogP contribution in [0.4, 0.5) is 26.3 Å². The van der Waals surface area contributed by atoms with Gasteiger partial charge in [-0.2, -0.15) is 26.3 Å². The molecule has 10 heteroatoms. The zero-order chi connectivity index (χ0) is 21.9. The summed E-state index contributed by atoms with van der Waals surface area (Å²) in [4.78, 5) is 16.3. The Morgan fingerprint density at radius 3 is 2.43 bits per heavy atom. The van der Waals surface area contributed by atoms with E-state index in [2.05, 4.69) is 15.0 Å². The van der Waals surface area contributed by atoms with Crippen molar-refractivity contribution >= 4 is 16.8 Å². The first-order valence-corrected chi connectivity index (χ1v) is 8.56. The van der Waals surface area contributed by atoms with Gasteiger partial charge in [-0.05, 0) is 23.8 Å². The van der Waals surface area contributed by atoms with E-state index in [1.54, 1.807) is 0 Å². The zero-order valence-corrected chi connectivity index (χ0v) is 15.1. The molecule has 3 rings (SSSR count). The maximum absolute atomic E-state index is 13.6. The number of alkyl halides is 6. The van der Waals surface area contributed by atoms with Gasteiger partial charge < -0.3 is 10.1 Å². The molecule has 1 amide bonds. The average Bonchev–Trinajstić information content (AvgIpc) is 2.68. The molecule has 1 aromatic heterocycles. The lowest BCUT2D eigenvalue weighted by atomic mass is 10.0. The number of nitrogens with one attached hydrogen (secondary N) is 1. The topological polar surface area (TPSA) is 51.2 Å². The van der Waals surface area contributed by atoms with Crippen LogP contribution in [0.3, 0.4) is 0 Å². The lowest BCUT2D eigenvalue weighted by Crippen LogP contribution is -2.26. The van der Waals surface area contributed by atoms with Gasteiger partial charge >= 0.3 is 12.4 Å². The van der Waals surface area contributed by atoms with Crippen LogP contribution in [0, 0.1) is 0 Å². The van der Waals surface area contributed by atoms with Crippen molar-refractivity contribution in [2.75, 3.05) is 6.61 Å². The van der Waals surface area contributed by atoms with Crippen LogP contribution in [-0.2, 0) is 12.7 Å². The summed E-state index contributed by atoms with van der Waals surface area (Å²) < 4.78 is 82.2. The molecule has 30 heavy (non-hydrogen) atoms. The summed E-state index contributed by atoms with van der Waals surface area (Å²) in [6.45, 7) is -1.70. The Morgan fingerprint density at radius 1 is 1.00 bits per heavy atom. The fourth-order valence-electron chi connectivity index (χ4n) is 2.81. The summed E-state index contributed by atoms with van der Waals surface area (Å²) in [6.07, 6.45) is -8.45. The van der Waals surface area contributed by atoms with Crippen LogP contribution in [0.1, 0.15) is 21.5 Å². The molecule has 0 fully saturated rings. The van der Waals surface area contributed by atoms with E-state index in [-0.39, 0.29) is 23.2 Å². The molecule has 0 aliphatic heterocycles. The predicted octanol–water partition coefficient (Wildman–Crippen LogP) is 5.12. The number of aromatic nitrogens is 1. The van der Waals surface area contributed by atoms with Gasteiger partial charge in [0, 0.05) is 18.1 Å². The maximum atomic E-state index is 13.6. The number of ether oxygens (including phenoxy) is 1. The molecule has 0 aliphatic rings. The number of rotatable bonds is 5. The van der Waals surface area contributed by atoms with Crippen molar-refractivity contribution in [3.63, 3.8) is 0 Å². The minimum atomic E-state index is -4.79. The molecule has 158 valence electrons. The Labute approximate surface area is 166 Å². The minimum absolute atomic E-state index is 0.0811. The first-order valence-electron chi connectivity index (χ1n) is 8.56. The zero-order valence-electron chi connectivity index (χ0n) is 15.1. The Morgan fingerprint density at radius 2 is 1.73 bits per heavy atom. The quantitative estimate of drug-likeness (QED) is 0.574. The second-order valence-electron chi connectivity index (χ2n) is 6.30. The van der Waals surface area contributed by atoms with Gasteiger partial charge in [0.2, 0.25) is 0 Å². The van der Waals surface area contributed by atoms with Gasteiger partial charge in [-0.15, -0.1) is 0 Å². The standard InChI is InChI=1S/C20H14F6N2O2/c21-19(22,23)11-30-13-5-3-4-12(8-13)9-28-18(29)15-10-27-16-7-2-1-6-14(16)17(15)20(24,25)26/h1-8,10H,9,11H2,(H,28,29). The van der Waals surface area contributed by atoms with E-state index < -0.39 is 36.0 Å². The van der Waals surface area contributed by atoms with E-state index in [9.17, 15) is 31.1 Å². The van der Waals surface area contributed by atoms with Gasteiger partial charge in [0.15, 0.2) is 6.61 Å². The van der Waals surface area contributed by atoms with Crippen molar-refractivity contribution in [3.8, 4) is 5.75 Å². The average molecular weight is 428 g/mol. The first kappa shape index (κ1) is 21.4. The van der Waals surface area contributed by atoms with Crippen molar-refractivity contribution < 1.29 is 35.9 Å². The predicted molar refractivity (Wildman–Crippen MR) is 95.9 cm³/mol. The van der Waals surface area contributed by atoms with Gasteiger partial charge in [-0.1, -0.05) is 30.3 Å². The number of fused-ring (bicyclic) bond motifs is 1. The second kappa shape index (κ2) is 8.21. The number of benzene rings is 2. The van der Waals surface area contributed by atoms with Crippen LogP contribution >= 0.6 is 0 Å². The summed E-state index contributed by atoms with van der Waals surface area (Å²) >= 11 is 0. The summed E-state index contributed by atoms with van der Waals surface area (Å²) in [5.74, 6) is -1.09. The molecule has 2 aromatic carbocycles. The second-order valence-corrected chi connectivity index (χ2v) is 6.30. The van der Waals surface area contributed by atoms with Gasteiger partial charge in [-0.3, -0.25) is 9.78 Å². The third-order valence-electron chi connectivity index (χ3n) is 4.06. The SMILES string of the molecule is O=C(NCc1cccc(OCC(F)(F)F)c1)c1cnc2ccccc2c1C(F)(F)F. The number of carbonyl (C=O) groups is 1. The van der Waals surface area contributed by atoms with E-state index in [0.717, 1.165) is 6.20 Å². The van der Waals surface area contributed by atoms with Crippen LogP contribution in [0.5, 0.6) is 5.75 Å². The summed E-state index contributed by atoms with van der Waals surface area (Å²) in [6, 6.07) is 11.0. The summed E-state index contributed by atoms with van der Waals surface area (Å²) in [5, 5.41) is 2.13. The van der Waals surface area contributed by atoms with Crippen LogP contribution in [0.2, 0.25) is 0 Å². The first-order chi connectivity index (χ1) is 14.0. The Balaban J connectivity index is 1.80. The fraction of sp³-hybridized carbons (Fsp3) is 0.200. The number of para-hydroxylation sites is 1.